The molecule has 2 bridgehead atoms. The molecule has 2 aromatic rings. The van der Waals surface area contributed by atoms with Crippen molar-refractivity contribution in [2.24, 2.45) is 11.8 Å². The highest BCUT2D eigenvalue weighted by Gasteiger charge is 2.72. The van der Waals surface area contributed by atoms with Crippen molar-refractivity contribution < 1.29 is 14.3 Å². The van der Waals surface area contributed by atoms with Crippen LogP contribution in [0.5, 0.6) is 0 Å². The first-order chi connectivity index (χ1) is 11.0. The van der Waals surface area contributed by atoms with Crippen molar-refractivity contribution >= 4 is 35.1 Å². The number of hydrogen-bond donors (Lipinski definition) is 0. The summed E-state index contributed by atoms with van der Waals surface area (Å²) in [5, 5.41) is 0. The SMILES string of the molecule is O=C1OC(=O)[C@@H]2[C@@H]1C1(Cl)c3ccccc3C2(Cl)c2ccccc21. The summed E-state index contributed by atoms with van der Waals surface area (Å²) in [6.07, 6.45) is 0. The van der Waals surface area contributed by atoms with Crippen molar-refractivity contribution in [2.75, 3.05) is 0 Å². The zero-order valence-corrected chi connectivity index (χ0v) is 13.3. The monoisotopic (exact) mass is 344 g/mol. The Balaban J connectivity index is 1.99. The molecule has 2 aromatic carbocycles. The Hall–Kier alpha value is -1.84. The van der Waals surface area contributed by atoms with Crippen LogP contribution in [-0.4, -0.2) is 11.9 Å². The topological polar surface area (TPSA) is 43.4 Å². The van der Waals surface area contributed by atoms with Crippen molar-refractivity contribution in [3.05, 3.63) is 70.8 Å². The summed E-state index contributed by atoms with van der Waals surface area (Å²) < 4.78 is 4.94. The molecule has 1 saturated heterocycles. The highest BCUT2D eigenvalue weighted by Crippen LogP contribution is 2.69. The summed E-state index contributed by atoms with van der Waals surface area (Å²) >= 11 is 14.1. The fourth-order valence-electron chi connectivity index (χ4n) is 4.48. The van der Waals surface area contributed by atoms with Crippen LogP contribution in [0.3, 0.4) is 0 Å². The van der Waals surface area contributed by atoms with Crippen molar-refractivity contribution in [1.82, 2.24) is 0 Å². The molecule has 3 aliphatic carbocycles. The molecule has 0 spiro atoms. The Morgan fingerprint density at radius 3 is 1.30 bits per heavy atom. The summed E-state index contributed by atoms with van der Waals surface area (Å²) in [5.74, 6) is -2.80. The van der Waals surface area contributed by atoms with E-state index in [-0.39, 0.29) is 0 Å². The van der Waals surface area contributed by atoms with E-state index in [0.717, 1.165) is 22.3 Å². The van der Waals surface area contributed by atoms with Crippen LogP contribution in [0.1, 0.15) is 22.3 Å². The number of benzene rings is 2. The first-order valence-corrected chi connectivity index (χ1v) is 8.09. The minimum absolute atomic E-state index is 0.593. The van der Waals surface area contributed by atoms with E-state index in [1.54, 1.807) is 0 Å². The molecule has 5 heteroatoms. The maximum absolute atomic E-state index is 12.4. The second kappa shape index (κ2) is 3.97. The average molecular weight is 345 g/mol. The van der Waals surface area contributed by atoms with E-state index in [0.29, 0.717) is 0 Å². The largest absolute Gasteiger partial charge is 0.393 e. The summed E-state index contributed by atoms with van der Waals surface area (Å²) in [7, 11) is 0. The average Bonchev–Trinajstić information content (AvgIpc) is 2.88. The van der Waals surface area contributed by atoms with Crippen LogP contribution < -0.4 is 0 Å². The fourth-order valence-corrected chi connectivity index (χ4v) is 5.57. The van der Waals surface area contributed by atoms with Crippen LogP contribution in [0.25, 0.3) is 0 Å². The molecule has 0 aromatic heterocycles. The molecular weight excluding hydrogens is 335 g/mol. The second-order valence-corrected chi connectivity index (χ2v) is 7.40. The van der Waals surface area contributed by atoms with Crippen LogP contribution in [0.2, 0.25) is 0 Å². The van der Waals surface area contributed by atoms with Crippen LogP contribution in [0.4, 0.5) is 0 Å². The fraction of sp³-hybridized carbons (Fsp3) is 0.222. The van der Waals surface area contributed by atoms with Gasteiger partial charge in [0, 0.05) is 0 Å². The molecule has 0 amide bonds. The number of carbonyl (C=O) groups excluding carboxylic acids is 2. The van der Waals surface area contributed by atoms with Gasteiger partial charge in [0.25, 0.3) is 0 Å². The van der Waals surface area contributed by atoms with Gasteiger partial charge in [-0.05, 0) is 22.3 Å². The lowest BCUT2D eigenvalue weighted by Gasteiger charge is -2.54. The Kier molecular flexibility index (Phi) is 2.35. The Morgan fingerprint density at radius 1 is 0.696 bits per heavy atom. The molecule has 1 aliphatic heterocycles. The van der Waals surface area contributed by atoms with Gasteiger partial charge in [0.2, 0.25) is 0 Å². The van der Waals surface area contributed by atoms with Gasteiger partial charge in [-0.15, -0.1) is 23.2 Å². The quantitative estimate of drug-likeness (QED) is 0.418. The molecular formula is C18H10Cl2O3. The van der Waals surface area contributed by atoms with E-state index in [9.17, 15) is 9.59 Å². The molecule has 23 heavy (non-hydrogen) atoms. The lowest BCUT2D eigenvalue weighted by molar-refractivity contribution is -0.154. The molecule has 1 heterocycles. The van der Waals surface area contributed by atoms with E-state index >= 15 is 0 Å². The van der Waals surface area contributed by atoms with Gasteiger partial charge in [-0.2, -0.15) is 0 Å². The van der Waals surface area contributed by atoms with Gasteiger partial charge >= 0.3 is 11.9 Å². The molecule has 0 unspecified atom stereocenters. The van der Waals surface area contributed by atoms with Gasteiger partial charge < -0.3 is 4.74 Å². The molecule has 0 saturated carbocycles. The van der Waals surface area contributed by atoms with Gasteiger partial charge in [-0.1, -0.05) is 48.5 Å². The molecule has 4 aliphatic rings. The Morgan fingerprint density at radius 2 is 1.00 bits per heavy atom. The minimum atomic E-state index is -1.13. The lowest BCUT2D eigenvalue weighted by Crippen LogP contribution is -2.57. The predicted molar refractivity (Wildman–Crippen MR) is 84.2 cm³/mol. The maximum Gasteiger partial charge on any atom is 0.320 e. The number of rotatable bonds is 0. The normalized spacial score (nSPS) is 36.3. The van der Waals surface area contributed by atoms with Gasteiger partial charge in [-0.3, -0.25) is 9.59 Å². The standard InChI is InChI=1S/C18H10Cl2O3/c19-17-9-5-1-2-6-10(9)18(20,12-8-4-3-7-11(12)17)14-13(17)15(21)23-16(14)22/h1-8,13-14H/t13-,14-,17?,18?/m0/s1. The van der Waals surface area contributed by atoms with Crippen molar-refractivity contribution in [1.29, 1.82) is 0 Å². The third-order valence-corrected chi connectivity index (χ3v) is 6.61. The molecule has 6 rings (SSSR count). The van der Waals surface area contributed by atoms with Crippen molar-refractivity contribution in [2.45, 2.75) is 9.75 Å². The minimum Gasteiger partial charge on any atom is -0.393 e. The highest BCUT2D eigenvalue weighted by molar-refractivity contribution is 6.35. The highest BCUT2D eigenvalue weighted by atomic mass is 35.5. The molecule has 3 nitrogen and oxygen atoms in total. The van der Waals surface area contributed by atoms with Crippen LogP contribution in [-0.2, 0) is 24.1 Å². The number of ether oxygens (including phenoxy) is 1. The maximum atomic E-state index is 12.4. The zero-order chi connectivity index (χ0) is 16.0. The predicted octanol–water partition coefficient (Wildman–Crippen LogP) is 3.29. The van der Waals surface area contributed by atoms with Gasteiger partial charge in [0.1, 0.15) is 21.6 Å². The van der Waals surface area contributed by atoms with E-state index < -0.39 is 33.5 Å². The van der Waals surface area contributed by atoms with Crippen molar-refractivity contribution in [3.63, 3.8) is 0 Å². The van der Waals surface area contributed by atoms with Crippen LogP contribution in [0.15, 0.2) is 48.5 Å². The first-order valence-electron chi connectivity index (χ1n) is 7.34. The van der Waals surface area contributed by atoms with Crippen LogP contribution >= 0.6 is 23.2 Å². The van der Waals surface area contributed by atoms with E-state index in [1.807, 2.05) is 48.5 Å². The third-order valence-electron chi connectivity index (χ3n) is 5.32. The van der Waals surface area contributed by atoms with Gasteiger partial charge in [0.15, 0.2) is 0 Å². The lowest BCUT2D eigenvalue weighted by atomic mass is 9.54. The van der Waals surface area contributed by atoms with E-state index in [1.165, 1.54) is 0 Å². The molecule has 0 N–H and O–H groups in total. The number of esters is 2. The van der Waals surface area contributed by atoms with Gasteiger partial charge in [-0.25, -0.2) is 0 Å². The van der Waals surface area contributed by atoms with Crippen molar-refractivity contribution in [3.8, 4) is 0 Å². The number of alkyl halides is 2. The second-order valence-electron chi connectivity index (χ2n) is 6.21. The molecule has 0 radical (unpaired) electrons. The Labute approximate surface area is 142 Å². The smallest absolute Gasteiger partial charge is 0.320 e. The zero-order valence-electron chi connectivity index (χ0n) is 11.8. The Bertz CT molecular complexity index is 785. The summed E-state index contributed by atoms with van der Waals surface area (Å²) in [4.78, 5) is 22.5. The summed E-state index contributed by atoms with van der Waals surface area (Å²) in [5.41, 5.74) is 3.12. The third kappa shape index (κ3) is 1.28. The molecule has 1 fully saturated rings. The van der Waals surface area contributed by atoms with E-state index in [2.05, 4.69) is 0 Å². The van der Waals surface area contributed by atoms with E-state index in [4.69, 9.17) is 27.9 Å². The molecule has 2 atom stereocenters. The summed E-state index contributed by atoms with van der Waals surface area (Å²) in [6, 6.07) is 15.0. The van der Waals surface area contributed by atoms with Crippen LogP contribution in [0, 0.1) is 11.8 Å². The first kappa shape index (κ1) is 13.6. The number of halogens is 2. The molecule has 114 valence electrons. The number of cyclic esters (lactones) is 2. The summed E-state index contributed by atoms with van der Waals surface area (Å²) in [6.45, 7) is 0. The van der Waals surface area contributed by atoms with Gasteiger partial charge in [0.05, 0.1) is 0 Å². The number of carbonyl (C=O) groups is 2. The number of hydrogen-bond acceptors (Lipinski definition) is 3.